The highest BCUT2D eigenvalue weighted by Crippen LogP contribution is 2.14. The van der Waals surface area contributed by atoms with Gasteiger partial charge >= 0.3 is 0 Å². The monoisotopic (exact) mass is 817 g/mol. The molecule has 0 bridgehead atoms. The molecule has 1 heteroatoms. The molecule has 7 aromatic carbocycles. The summed E-state index contributed by atoms with van der Waals surface area (Å²) in [6.45, 7) is 38.0. The van der Waals surface area contributed by atoms with E-state index in [-0.39, 0.29) is 5.82 Å². The summed E-state index contributed by atoms with van der Waals surface area (Å²) >= 11 is 0. The van der Waals surface area contributed by atoms with Crippen molar-refractivity contribution in [2.24, 2.45) is 0 Å². The molecule has 0 fully saturated rings. The summed E-state index contributed by atoms with van der Waals surface area (Å²) in [5, 5.41) is 0. The zero-order chi connectivity index (χ0) is 46.2. The minimum Gasteiger partial charge on any atom is -0.207 e. The van der Waals surface area contributed by atoms with E-state index in [1.807, 2.05) is 6.07 Å². The Morgan fingerprint density at radius 1 is 0.213 bits per heavy atom. The van der Waals surface area contributed by atoms with Crippen LogP contribution < -0.4 is 0 Å². The van der Waals surface area contributed by atoms with E-state index in [4.69, 9.17) is 0 Å². The zero-order valence-corrected chi connectivity index (χ0v) is 41.2. The quantitative estimate of drug-likeness (QED) is 0.143. The first-order chi connectivity index (χ1) is 28.6. The number of rotatable bonds is 0. The van der Waals surface area contributed by atoms with Crippen molar-refractivity contribution in [3.8, 4) is 0 Å². The highest BCUT2D eigenvalue weighted by atomic mass is 19.1. The van der Waals surface area contributed by atoms with Gasteiger partial charge < -0.3 is 0 Å². The minimum atomic E-state index is -0.132. The Morgan fingerprint density at radius 2 is 0.525 bits per heavy atom. The normalized spacial score (nSPS) is 9.56. The average molecular weight is 817 g/mol. The topological polar surface area (TPSA) is 0 Å². The van der Waals surface area contributed by atoms with Crippen molar-refractivity contribution in [1.82, 2.24) is 0 Å². The van der Waals surface area contributed by atoms with Crippen LogP contribution in [0.5, 0.6) is 0 Å². The number of hydrogen-bond donors (Lipinski definition) is 0. The second-order valence-corrected chi connectivity index (χ2v) is 16.9. The van der Waals surface area contributed by atoms with E-state index in [0.29, 0.717) is 5.56 Å². The third-order valence-electron chi connectivity index (χ3n) is 10.4. The Hall–Kier alpha value is -5.53. The summed E-state index contributed by atoms with van der Waals surface area (Å²) in [4.78, 5) is 0. The largest absolute Gasteiger partial charge is 0.207 e. The maximum atomic E-state index is 12.3. The summed E-state index contributed by atoms with van der Waals surface area (Å²) in [7, 11) is 0. The van der Waals surface area contributed by atoms with Gasteiger partial charge in [-0.3, -0.25) is 0 Å². The zero-order valence-electron chi connectivity index (χ0n) is 41.2. The average Bonchev–Trinajstić information content (AvgIpc) is 3.18. The van der Waals surface area contributed by atoms with Gasteiger partial charge in [0, 0.05) is 0 Å². The summed E-state index contributed by atoms with van der Waals surface area (Å²) in [5.74, 6) is -0.132. The van der Waals surface area contributed by atoms with Crippen LogP contribution in [0.4, 0.5) is 4.39 Å². The van der Waals surface area contributed by atoms with Crippen LogP contribution >= 0.6 is 0 Å². The fraction of sp³-hybridized carbons (Fsp3) is 0.300. The van der Waals surface area contributed by atoms with Crippen LogP contribution in [0, 0.1) is 130 Å². The molecule has 0 nitrogen and oxygen atoms in total. The van der Waals surface area contributed by atoms with Gasteiger partial charge in [-0.1, -0.05) is 184 Å². The van der Waals surface area contributed by atoms with Crippen molar-refractivity contribution in [2.75, 3.05) is 0 Å². The van der Waals surface area contributed by atoms with E-state index in [1.54, 1.807) is 19.1 Å². The predicted octanol–water partition coefficient (Wildman–Crippen LogP) is 17.5. The van der Waals surface area contributed by atoms with E-state index in [2.05, 4.69) is 233 Å². The molecular formula is C60H77F. The molecule has 0 amide bonds. The first-order valence-corrected chi connectivity index (χ1v) is 21.5. The molecular weight excluding hydrogens is 740 g/mol. The van der Waals surface area contributed by atoms with E-state index < -0.39 is 0 Å². The summed E-state index contributed by atoms with van der Waals surface area (Å²) in [6, 6.07) is 47.5. The lowest BCUT2D eigenvalue weighted by Gasteiger charge is -2.04. The molecule has 0 aliphatic heterocycles. The smallest absolute Gasteiger partial charge is 0.126 e. The summed E-state index contributed by atoms with van der Waals surface area (Å²) in [6.07, 6.45) is 0. The summed E-state index contributed by atoms with van der Waals surface area (Å²) in [5.41, 5.74) is 24.0. The molecule has 0 saturated carbocycles. The fourth-order valence-corrected chi connectivity index (χ4v) is 6.24. The summed E-state index contributed by atoms with van der Waals surface area (Å²) < 4.78 is 12.3. The highest BCUT2D eigenvalue weighted by molar-refractivity contribution is 5.36. The van der Waals surface area contributed by atoms with Crippen molar-refractivity contribution < 1.29 is 4.39 Å². The minimum absolute atomic E-state index is 0.132. The highest BCUT2D eigenvalue weighted by Gasteiger charge is 1.96. The Morgan fingerprint density at radius 3 is 0.852 bits per heavy atom. The Balaban J connectivity index is 0.000000356. The van der Waals surface area contributed by atoms with Crippen molar-refractivity contribution in [1.29, 1.82) is 0 Å². The molecule has 0 aromatic heterocycles. The van der Waals surface area contributed by atoms with Gasteiger partial charge in [0.25, 0.3) is 0 Å². The van der Waals surface area contributed by atoms with E-state index in [9.17, 15) is 4.39 Å². The number of hydrogen-bond acceptors (Lipinski definition) is 0. The molecule has 0 N–H and O–H groups in total. The molecule has 0 unspecified atom stereocenters. The van der Waals surface area contributed by atoms with Crippen LogP contribution in [0.2, 0.25) is 0 Å². The van der Waals surface area contributed by atoms with Crippen molar-refractivity contribution in [3.63, 3.8) is 0 Å². The Kier molecular flexibility index (Phi) is 24.6. The Bertz CT molecular complexity index is 2190. The van der Waals surface area contributed by atoms with Crippen molar-refractivity contribution in [2.45, 2.75) is 125 Å². The van der Waals surface area contributed by atoms with E-state index >= 15 is 0 Å². The van der Waals surface area contributed by atoms with Crippen LogP contribution in [0.3, 0.4) is 0 Å². The molecule has 0 heterocycles. The molecule has 7 rings (SSSR count). The van der Waals surface area contributed by atoms with Gasteiger partial charge in [-0.15, -0.1) is 0 Å². The number of aryl methyl sites for hydroxylation is 16. The van der Waals surface area contributed by atoms with Crippen LogP contribution in [-0.4, -0.2) is 0 Å². The van der Waals surface area contributed by atoms with Crippen LogP contribution in [0.25, 0.3) is 0 Å². The van der Waals surface area contributed by atoms with E-state index in [1.165, 1.54) is 101 Å². The number of benzene rings is 7. The predicted molar refractivity (Wildman–Crippen MR) is 270 cm³/mol. The van der Waals surface area contributed by atoms with E-state index in [0.717, 1.165) is 0 Å². The maximum absolute atomic E-state index is 12.3. The second-order valence-electron chi connectivity index (χ2n) is 16.9. The maximum Gasteiger partial charge on any atom is 0.126 e. The Labute approximate surface area is 373 Å². The van der Waals surface area contributed by atoms with Gasteiger partial charge in [-0.05, 0) is 181 Å². The van der Waals surface area contributed by atoms with Crippen LogP contribution in [0.15, 0.2) is 140 Å². The third-order valence-corrected chi connectivity index (χ3v) is 10.4. The van der Waals surface area contributed by atoms with Crippen molar-refractivity contribution >= 4 is 0 Å². The molecule has 0 aliphatic carbocycles. The lowest BCUT2D eigenvalue weighted by molar-refractivity contribution is 0.618. The lowest BCUT2D eigenvalue weighted by Crippen LogP contribution is -1.86. The first kappa shape index (κ1) is 53.5. The number of halogens is 1. The molecule has 61 heavy (non-hydrogen) atoms. The standard InChI is InChI=1S/C10H14.3C9H12.2C8H10.C7H7F/c1-7-5-8(2)10(4)9(3)6-7;1-7-4-8(2)6-9(3)5-7;1-7-4-5-8(2)9(3)6-7;1-7-5-4-6-8(2)9(7)3;1-7-3-5-8(2)6-4-7;1-7-4-3-5-8(2)6-7;1-6-4-2-3-5-7(6)8/h5-6H,1-4H3;3*4-6H,1-3H3;2*3-6H,1-2H3;2-5H,1H3. The molecule has 0 spiro atoms. The fourth-order valence-electron chi connectivity index (χ4n) is 6.24. The molecule has 0 aliphatic rings. The lowest BCUT2D eigenvalue weighted by atomic mass is 10.0. The SMILES string of the molecule is Cc1cc(C)c(C)c(C)c1.Cc1cc(C)cc(C)c1.Cc1ccc(C)c(C)c1.Cc1ccc(C)cc1.Cc1cccc(C)c1.Cc1cccc(C)c1C.Cc1ccccc1F. The van der Waals surface area contributed by atoms with Crippen LogP contribution in [-0.2, 0) is 0 Å². The van der Waals surface area contributed by atoms with Gasteiger partial charge in [0.1, 0.15) is 5.82 Å². The second kappa shape index (κ2) is 28.1. The molecule has 7 aromatic rings. The van der Waals surface area contributed by atoms with Crippen LogP contribution in [0.1, 0.15) is 100 Å². The first-order valence-electron chi connectivity index (χ1n) is 21.5. The third kappa shape index (κ3) is 23.2. The van der Waals surface area contributed by atoms with Gasteiger partial charge in [-0.25, -0.2) is 4.39 Å². The van der Waals surface area contributed by atoms with Gasteiger partial charge in [0.05, 0.1) is 0 Å². The van der Waals surface area contributed by atoms with Gasteiger partial charge in [0.15, 0.2) is 0 Å². The van der Waals surface area contributed by atoms with Crippen molar-refractivity contribution in [3.05, 3.63) is 245 Å². The molecule has 0 radical (unpaired) electrons. The molecule has 324 valence electrons. The molecule has 0 atom stereocenters. The molecule has 0 saturated heterocycles. The van der Waals surface area contributed by atoms with Gasteiger partial charge in [-0.2, -0.15) is 0 Å². The van der Waals surface area contributed by atoms with Gasteiger partial charge in [0.2, 0.25) is 0 Å².